The van der Waals surface area contributed by atoms with Gasteiger partial charge >= 0.3 is 0 Å². The van der Waals surface area contributed by atoms with Crippen molar-refractivity contribution < 1.29 is 9.53 Å². The van der Waals surface area contributed by atoms with Crippen molar-refractivity contribution in [1.29, 1.82) is 0 Å². The zero-order valence-electron chi connectivity index (χ0n) is 18.6. The van der Waals surface area contributed by atoms with Crippen molar-refractivity contribution in [2.24, 2.45) is 0 Å². The van der Waals surface area contributed by atoms with Gasteiger partial charge in [-0.15, -0.1) is 0 Å². The third kappa shape index (κ3) is 5.41. The minimum absolute atomic E-state index is 0.0935. The fourth-order valence-corrected chi connectivity index (χ4v) is 3.66. The highest BCUT2D eigenvalue weighted by atomic mass is 16.5. The van der Waals surface area contributed by atoms with E-state index in [0.717, 1.165) is 42.0 Å². The van der Waals surface area contributed by atoms with Crippen LogP contribution in [0.4, 0.5) is 0 Å². The lowest BCUT2D eigenvalue weighted by molar-refractivity contribution is -0.120. The van der Waals surface area contributed by atoms with Gasteiger partial charge in [0.2, 0.25) is 5.91 Å². The van der Waals surface area contributed by atoms with Gasteiger partial charge < -0.3 is 14.6 Å². The Morgan fingerprint density at radius 1 is 1.20 bits per heavy atom. The quantitative estimate of drug-likeness (QED) is 0.481. The number of nitrogens with zero attached hydrogens (tertiary/aromatic N) is 2. The molecule has 1 amide bonds. The third-order valence-electron chi connectivity index (χ3n) is 5.32. The summed E-state index contributed by atoms with van der Waals surface area (Å²) in [7, 11) is 0. The Labute approximate surface area is 179 Å². The Bertz CT molecular complexity index is 991. The number of carbonyl (C=O) groups excluding carboxylic acids is 1. The van der Waals surface area contributed by atoms with E-state index in [1.807, 2.05) is 25.1 Å². The van der Waals surface area contributed by atoms with Gasteiger partial charge in [0.25, 0.3) is 0 Å². The number of amides is 1. The van der Waals surface area contributed by atoms with E-state index < -0.39 is 0 Å². The van der Waals surface area contributed by atoms with E-state index in [1.54, 1.807) is 0 Å². The van der Waals surface area contributed by atoms with Crippen molar-refractivity contribution in [2.45, 2.75) is 59.4 Å². The first kappa shape index (κ1) is 21.9. The Kier molecular flexibility index (Phi) is 7.50. The van der Waals surface area contributed by atoms with Crippen LogP contribution < -0.4 is 10.1 Å². The van der Waals surface area contributed by atoms with Crippen LogP contribution in [-0.2, 0) is 17.8 Å². The average Bonchev–Trinajstić information content (AvgIpc) is 3.08. The second kappa shape index (κ2) is 10.3. The Morgan fingerprint density at radius 3 is 2.77 bits per heavy atom. The number of aryl methyl sites for hydroxylation is 2. The second-order valence-electron chi connectivity index (χ2n) is 8.02. The standard InChI is InChI=1S/C25H33N3O2/c1-5-25(29)26-14-8-11-24-27-21-9-6-7-10-22(21)28(24)15-16-30-23-17-19(4)12-13-20(23)18(2)3/h6-7,9-10,12-13,17-18H,5,8,11,14-16H2,1-4H3,(H,26,29). The first-order valence-electron chi connectivity index (χ1n) is 10.9. The van der Waals surface area contributed by atoms with E-state index in [2.05, 4.69) is 54.9 Å². The summed E-state index contributed by atoms with van der Waals surface area (Å²) in [6.45, 7) is 10.3. The minimum Gasteiger partial charge on any atom is -0.491 e. The Balaban J connectivity index is 1.70. The molecule has 30 heavy (non-hydrogen) atoms. The van der Waals surface area contributed by atoms with Crippen molar-refractivity contribution in [3.8, 4) is 5.75 Å². The molecule has 3 aromatic rings. The van der Waals surface area contributed by atoms with E-state index in [9.17, 15) is 4.79 Å². The van der Waals surface area contributed by atoms with Gasteiger partial charge in [0, 0.05) is 19.4 Å². The average molecular weight is 408 g/mol. The summed E-state index contributed by atoms with van der Waals surface area (Å²) >= 11 is 0. The van der Waals surface area contributed by atoms with Crippen LogP contribution in [0.3, 0.4) is 0 Å². The number of aromatic nitrogens is 2. The highest BCUT2D eigenvalue weighted by Gasteiger charge is 2.12. The van der Waals surface area contributed by atoms with Crippen molar-refractivity contribution in [3.63, 3.8) is 0 Å². The summed E-state index contributed by atoms with van der Waals surface area (Å²) in [6.07, 6.45) is 2.21. The van der Waals surface area contributed by atoms with Gasteiger partial charge in [0.1, 0.15) is 18.2 Å². The number of carbonyl (C=O) groups is 1. The fourth-order valence-electron chi connectivity index (χ4n) is 3.66. The van der Waals surface area contributed by atoms with Crippen LogP contribution in [-0.4, -0.2) is 28.6 Å². The second-order valence-corrected chi connectivity index (χ2v) is 8.02. The van der Waals surface area contributed by atoms with Crippen LogP contribution in [0.15, 0.2) is 42.5 Å². The molecule has 0 spiro atoms. The zero-order chi connectivity index (χ0) is 21.5. The largest absolute Gasteiger partial charge is 0.491 e. The molecular formula is C25H33N3O2. The molecule has 0 aliphatic carbocycles. The number of ether oxygens (including phenoxy) is 1. The maximum absolute atomic E-state index is 11.5. The maximum Gasteiger partial charge on any atom is 0.219 e. The highest BCUT2D eigenvalue weighted by Crippen LogP contribution is 2.27. The van der Waals surface area contributed by atoms with E-state index in [0.29, 0.717) is 25.5 Å². The van der Waals surface area contributed by atoms with Crippen LogP contribution in [0.25, 0.3) is 11.0 Å². The molecule has 5 heteroatoms. The van der Waals surface area contributed by atoms with E-state index in [-0.39, 0.29) is 5.91 Å². The SMILES string of the molecule is CCC(=O)NCCCc1nc2ccccc2n1CCOc1cc(C)ccc1C(C)C. The molecule has 0 aliphatic heterocycles. The van der Waals surface area contributed by atoms with Gasteiger partial charge in [-0.2, -0.15) is 0 Å². The summed E-state index contributed by atoms with van der Waals surface area (Å²) in [5, 5.41) is 2.94. The highest BCUT2D eigenvalue weighted by molar-refractivity contribution is 5.76. The lowest BCUT2D eigenvalue weighted by Crippen LogP contribution is -2.24. The smallest absolute Gasteiger partial charge is 0.219 e. The summed E-state index contributed by atoms with van der Waals surface area (Å²) in [5.74, 6) is 2.52. The third-order valence-corrected chi connectivity index (χ3v) is 5.32. The van der Waals surface area contributed by atoms with Gasteiger partial charge in [-0.3, -0.25) is 4.79 Å². The normalized spacial score (nSPS) is 11.2. The van der Waals surface area contributed by atoms with Gasteiger partial charge in [-0.25, -0.2) is 4.98 Å². The van der Waals surface area contributed by atoms with Crippen LogP contribution in [0, 0.1) is 6.92 Å². The number of rotatable bonds is 10. The number of para-hydroxylation sites is 2. The Morgan fingerprint density at radius 2 is 2.00 bits per heavy atom. The summed E-state index contributed by atoms with van der Waals surface area (Å²) in [5.41, 5.74) is 4.57. The lowest BCUT2D eigenvalue weighted by Gasteiger charge is -2.16. The first-order chi connectivity index (χ1) is 14.5. The van der Waals surface area contributed by atoms with Gasteiger partial charge in [0.15, 0.2) is 0 Å². The molecule has 0 saturated carbocycles. The number of imidazole rings is 1. The molecule has 1 aromatic heterocycles. The molecular weight excluding hydrogens is 374 g/mol. The monoisotopic (exact) mass is 407 g/mol. The Hall–Kier alpha value is -2.82. The van der Waals surface area contributed by atoms with Crippen molar-refractivity contribution in [3.05, 3.63) is 59.4 Å². The number of nitrogens with one attached hydrogen (secondary N) is 1. The molecule has 2 aromatic carbocycles. The molecule has 0 saturated heterocycles. The van der Waals surface area contributed by atoms with Crippen LogP contribution in [0.2, 0.25) is 0 Å². The molecule has 1 heterocycles. The van der Waals surface area contributed by atoms with E-state index >= 15 is 0 Å². The van der Waals surface area contributed by atoms with Gasteiger partial charge in [0.05, 0.1) is 17.6 Å². The van der Waals surface area contributed by atoms with Gasteiger partial charge in [-0.1, -0.05) is 45.0 Å². The summed E-state index contributed by atoms with van der Waals surface area (Å²) in [4.78, 5) is 16.3. The fraction of sp³-hybridized carbons (Fsp3) is 0.440. The predicted molar refractivity (Wildman–Crippen MR) is 122 cm³/mol. The molecule has 0 radical (unpaired) electrons. The summed E-state index contributed by atoms with van der Waals surface area (Å²) in [6, 6.07) is 14.6. The van der Waals surface area contributed by atoms with E-state index in [1.165, 1.54) is 11.1 Å². The molecule has 0 atom stereocenters. The predicted octanol–water partition coefficient (Wildman–Crippen LogP) is 5.01. The lowest BCUT2D eigenvalue weighted by atomic mass is 10.0. The molecule has 5 nitrogen and oxygen atoms in total. The van der Waals surface area contributed by atoms with Crippen LogP contribution >= 0.6 is 0 Å². The van der Waals surface area contributed by atoms with Crippen molar-refractivity contribution in [1.82, 2.24) is 14.9 Å². The van der Waals surface area contributed by atoms with Crippen molar-refractivity contribution >= 4 is 16.9 Å². The topological polar surface area (TPSA) is 56.2 Å². The molecule has 160 valence electrons. The minimum atomic E-state index is 0.0935. The molecule has 0 unspecified atom stereocenters. The number of fused-ring (bicyclic) bond motifs is 1. The maximum atomic E-state index is 11.5. The van der Waals surface area contributed by atoms with Crippen molar-refractivity contribution in [2.75, 3.05) is 13.2 Å². The summed E-state index contributed by atoms with van der Waals surface area (Å²) < 4.78 is 8.47. The number of hydrogen-bond donors (Lipinski definition) is 1. The van der Waals surface area contributed by atoms with Gasteiger partial charge in [-0.05, 0) is 48.6 Å². The molecule has 3 rings (SSSR count). The van der Waals surface area contributed by atoms with E-state index in [4.69, 9.17) is 9.72 Å². The van der Waals surface area contributed by atoms with Crippen LogP contribution in [0.1, 0.15) is 56.5 Å². The number of benzene rings is 2. The molecule has 0 fully saturated rings. The number of hydrogen-bond acceptors (Lipinski definition) is 3. The van der Waals surface area contributed by atoms with Crippen LogP contribution in [0.5, 0.6) is 5.75 Å². The zero-order valence-corrected chi connectivity index (χ0v) is 18.6. The molecule has 1 N–H and O–H groups in total. The molecule has 0 bridgehead atoms. The first-order valence-corrected chi connectivity index (χ1v) is 10.9. The molecule has 0 aliphatic rings.